The summed E-state index contributed by atoms with van der Waals surface area (Å²) in [6.45, 7) is 3.97. The fourth-order valence-electron chi connectivity index (χ4n) is 5.02. The molecule has 2 amide bonds. The van der Waals surface area contributed by atoms with Gasteiger partial charge in [-0.25, -0.2) is 4.98 Å². The van der Waals surface area contributed by atoms with E-state index in [1.165, 1.54) is 18.9 Å². The Morgan fingerprint density at radius 3 is 2.37 bits per heavy atom. The summed E-state index contributed by atoms with van der Waals surface area (Å²) in [7, 11) is 2.12. The number of benzene rings is 1. The Morgan fingerprint density at radius 2 is 1.68 bits per heavy atom. The number of oxazole rings is 1. The number of H-pyrrole nitrogens is 1. The number of amides is 2. The normalized spacial score (nSPS) is 20.1. The van der Waals surface area contributed by atoms with E-state index in [-0.39, 0.29) is 29.2 Å². The highest BCUT2D eigenvalue weighted by Crippen LogP contribution is 2.25. The molecular formula is C27H33N7O4. The molecule has 2 aliphatic rings. The van der Waals surface area contributed by atoms with Crippen molar-refractivity contribution in [3.8, 4) is 0 Å². The van der Waals surface area contributed by atoms with Crippen molar-refractivity contribution in [2.45, 2.75) is 37.8 Å². The lowest BCUT2D eigenvalue weighted by atomic mass is 9.90. The molecule has 3 heterocycles. The Balaban J connectivity index is 1.18. The summed E-state index contributed by atoms with van der Waals surface area (Å²) in [6, 6.07) is 9.55. The molecule has 1 aliphatic carbocycles. The topological polar surface area (TPSA) is 136 Å². The molecule has 38 heavy (non-hydrogen) atoms. The summed E-state index contributed by atoms with van der Waals surface area (Å²) in [6.07, 6.45) is 7.20. The summed E-state index contributed by atoms with van der Waals surface area (Å²) in [5.74, 6) is -0.712. The van der Waals surface area contributed by atoms with Crippen molar-refractivity contribution in [1.82, 2.24) is 20.2 Å². The van der Waals surface area contributed by atoms with Crippen LogP contribution in [-0.2, 0) is 0 Å². The minimum Gasteiger partial charge on any atom is -0.451 e. The van der Waals surface area contributed by atoms with Crippen LogP contribution in [0.3, 0.4) is 0 Å². The first-order chi connectivity index (χ1) is 18.5. The molecule has 0 bridgehead atoms. The molecule has 0 atom stereocenters. The molecule has 4 N–H and O–H groups in total. The number of carbonyl (C=O) groups is 2. The first-order valence-corrected chi connectivity index (χ1v) is 13.0. The number of hydrogen-bond acceptors (Lipinski definition) is 8. The van der Waals surface area contributed by atoms with Crippen molar-refractivity contribution in [1.29, 1.82) is 0 Å². The summed E-state index contributed by atoms with van der Waals surface area (Å²) in [4.78, 5) is 49.2. The molecule has 1 aliphatic heterocycles. The van der Waals surface area contributed by atoms with Gasteiger partial charge in [-0.1, -0.05) is 0 Å². The molecule has 1 saturated heterocycles. The van der Waals surface area contributed by atoms with Gasteiger partial charge in [0.25, 0.3) is 17.4 Å². The third kappa shape index (κ3) is 6.05. The molecule has 1 saturated carbocycles. The van der Waals surface area contributed by atoms with E-state index in [0.717, 1.165) is 57.5 Å². The fraction of sp³-hybridized carbons (Fsp3) is 0.407. The zero-order valence-corrected chi connectivity index (χ0v) is 21.4. The quantitative estimate of drug-likeness (QED) is 0.374. The maximum Gasteiger partial charge on any atom is 0.273 e. The number of likely N-dealkylation sites (N-methyl/N-ethyl adjacent to an activating group) is 1. The van der Waals surface area contributed by atoms with Gasteiger partial charge in [0.15, 0.2) is 12.1 Å². The van der Waals surface area contributed by atoms with Crippen LogP contribution >= 0.6 is 0 Å². The number of carbonyl (C=O) groups excluding carboxylic acids is 2. The van der Waals surface area contributed by atoms with Crippen molar-refractivity contribution in [3.63, 3.8) is 0 Å². The molecule has 0 spiro atoms. The predicted molar refractivity (Wildman–Crippen MR) is 145 cm³/mol. The van der Waals surface area contributed by atoms with Crippen LogP contribution in [0.1, 0.15) is 46.5 Å². The highest BCUT2D eigenvalue weighted by atomic mass is 16.3. The Bertz CT molecular complexity index is 1290. The molecular weight excluding hydrogens is 486 g/mol. The summed E-state index contributed by atoms with van der Waals surface area (Å²) in [5.41, 5.74) is 2.11. The van der Waals surface area contributed by atoms with Crippen LogP contribution < -0.4 is 26.4 Å². The lowest BCUT2D eigenvalue weighted by Crippen LogP contribution is -2.44. The average Bonchev–Trinajstić information content (AvgIpc) is 3.46. The van der Waals surface area contributed by atoms with Crippen molar-refractivity contribution in [2.75, 3.05) is 48.8 Å². The first kappa shape index (κ1) is 25.5. The van der Waals surface area contributed by atoms with Crippen molar-refractivity contribution >= 4 is 28.9 Å². The van der Waals surface area contributed by atoms with Crippen LogP contribution in [-0.4, -0.2) is 72.0 Å². The highest BCUT2D eigenvalue weighted by Gasteiger charge is 2.25. The van der Waals surface area contributed by atoms with E-state index in [0.29, 0.717) is 11.4 Å². The number of piperazine rings is 1. The number of rotatable bonds is 7. The SMILES string of the molecule is CN1CCN(c2ccc(NC(=O)c3c(NC4CCC(NC(=O)c5cocn5)CC4)cc[nH]c3=O)cc2)CC1. The molecule has 200 valence electrons. The molecule has 5 rings (SSSR count). The monoisotopic (exact) mass is 519 g/mol. The number of aromatic amines is 1. The number of pyridine rings is 1. The maximum absolute atomic E-state index is 13.2. The van der Waals surface area contributed by atoms with E-state index in [9.17, 15) is 14.4 Å². The lowest BCUT2D eigenvalue weighted by molar-refractivity contribution is 0.0920. The number of hydrogen-bond donors (Lipinski definition) is 4. The van der Waals surface area contributed by atoms with E-state index in [2.05, 4.69) is 42.8 Å². The van der Waals surface area contributed by atoms with Crippen molar-refractivity contribution < 1.29 is 14.0 Å². The van der Waals surface area contributed by atoms with Crippen molar-refractivity contribution in [2.24, 2.45) is 0 Å². The van der Waals surface area contributed by atoms with E-state index in [1.54, 1.807) is 6.07 Å². The van der Waals surface area contributed by atoms with Gasteiger partial charge in [-0.05, 0) is 63.1 Å². The van der Waals surface area contributed by atoms with E-state index in [1.807, 2.05) is 24.3 Å². The zero-order valence-electron chi connectivity index (χ0n) is 21.4. The summed E-state index contributed by atoms with van der Waals surface area (Å²) in [5, 5.41) is 9.24. The minimum absolute atomic E-state index is 0.0352. The van der Waals surface area contributed by atoms with E-state index in [4.69, 9.17) is 4.42 Å². The summed E-state index contributed by atoms with van der Waals surface area (Å²) >= 11 is 0. The number of nitrogens with zero attached hydrogens (tertiary/aromatic N) is 3. The number of anilines is 3. The highest BCUT2D eigenvalue weighted by molar-refractivity contribution is 6.07. The van der Waals surface area contributed by atoms with Gasteiger partial charge in [0, 0.05) is 55.8 Å². The Kier molecular flexibility index (Phi) is 7.73. The molecule has 3 aromatic rings. The lowest BCUT2D eigenvalue weighted by Gasteiger charge is -2.34. The second-order valence-electron chi connectivity index (χ2n) is 9.93. The molecule has 0 unspecified atom stereocenters. The van der Waals surface area contributed by atoms with Gasteiger partial charge >= 0.3 is 0 Å². The third-order valence-corrected chi connectivity index (χ3v) is 7.27. The first-order valence-electron chi connectivity index (χ1n) is 13.0. The second-order valence-corrected chi connectivity index (χ2v) is 9.93. The van der Waals surface area contributed by atoms with Gasteiger partial charge in [0.05, 0.1) is 5.69 Å². The predicted octanol–water partition coefficient (Wildman–Crippen LogP) is 2.52. The molecule has 1 aromatic carbocycles. The van der Waals surface area contributed by atoms with Gasteiger partial charge in [0.2, 0.25) is 0 Å². The average molecular weight is 520 g/mol. The molecule has 11 heteroatoms. The van der Waals surface area contributed by atoms with Crippen molar-refractivity contribution in [3.05, 3.63) is 70.8 Å². The number of nitrogens with one attached hydrogen (secondary N) is 4. The Morgan fingerprint density at radius 1 is 0.974 bits per heavy atom. The molecule has 2 fully saturated rings. The van der Waals surface area contributed by atoms with Crippen LogP contribution in [0.4, 0.5) is 17.1 Å². The number of aromatic nitrogens is 2. The van der Waals surface area contributed by atoms with Gasteiger partial charge in [-0.3, -0.25) is 14.4 Å². The molecule has 11 nitrogen and oxygen atoms in total. The Labute approximate surface area is 220 Å². The van der Waals surface area contributed by atoms with E-state index < -0.39 is 11.5 Å². The van der Waals surface area contributed by atoms with Gasteiger partial charge in [-0.2, -0.15) is 0 Å². The van der Waals surface area contributed by atoms with Gasteiger partial charge in [0.1, 0.15) is 11.8 Å². The van der Waals surface area contributed by atoms with Crippen LogP contribution in [0.5, 0.6) is 0 Å². The zero-order chi connectivity index (χ0) is 26.5. The molecule has 0 radical (unpaired) electrons. The minimum atomic E-state index is -0.463. The van der Waals surface area contributed by atoms with E-state index >= 15 is 0 Å². The fourth-order valence-corrected chi connectivity index (χ4v) is 5.02. The maximum atomic E-state index is 13.2. The summed E-state index contributed by atoms with van der Waals surface area (Å²) < 4.78 is 4.87. The standard InChI is InChI=1S/C27H33N7O4/c1-33-12-14-34(15-13-33)21-8-6-20(7-9-21)32-27(37)24-22(10-11-28-26(24)36)30-18-2-4-19(5-3-18)31-25(35)23-16-38-17-29-23/h6-11,16-19H,2-5,12-15H2,1H3,(H,31,35)(H,32,37)(H2,28,30,36). The second kappa shape index (κ2) is 11.5. The van der Waals surface area contributed by atoms with Crippen LogP contribution in [0.25, 0.3) is 0 Å². The van der Waals surface area contributed by atoms with Gasteiger partial charge < -0.3 is 35.2 Å². The Hall–Kier alpha value is -4.12. The van der Waals surface area contributed by atoms with Crippen LogP contribution in [0, 0.1) is 0 Å². The third-order valence-electron chi connectivity index (χ3n) is 7.27. The smallest absolute Gasteiger partial charge is 0.273 e. The van der Waals surface area contributed by atoms with Gasteiger partial charge in [-0.15, -0.1) is 0 Å². The molecule has 2 aromatic heterocycles. The van der Waals surface area contributed by atoms with Crippen LogP contribution in [0.2, 0.25) is 0 Å². The van der Waals surface area contributed by atoms with Crippen LogP contribution in [0.15, 0.2) is 58.4 Å². The largest absolute Gasteiger partial charge is 0.451 e.